The molecule has 0 heterocycles. The molecular weight excluding hydrogens is 1210 g/mol. The first-order valence-corrected chi connectivity index (χ1v) is 40.7. The molecule has 17 nitrogen and oxygen atoms in total. The Balaban J connectivity index is 5.24. The highest BCUT2D eigenvalue weighted by atomic mass is 31.2. The number of phosphoric ester groups is 2. The van der Waals surface area contributed by atoms with Crippen LogP contribution in [0.25, 0.3) is 0 Å². The van der Waals surface area contributed by atoms with Crippen LogP contribution in [0.15, 0.2) is 0 Å². The van der Waals surface area contributed by atoms with Crippen LogP contribution in [0.2, 0.25) is 0 Å². The molecule has 546 valence electrons. The van der Waals surface area contributed by atoms with Crippen molar-refractivity contribution in [2.24, 2.45) is 23.7 Å². The number of rotatable bonds is 70. The van der Waals surface area contributed by atoms with Gasteiger partial charge in [0, 0.05) is 25.7 Å². The summed E-state index contributed by atoms with van der Waals surface area (Å²) in [4.78, 5) is 72.7. The van der Waals surface area contributed by atoms with E-state index < -0.39 is 97.5 Å². The molecule has 0 saturated heterocycles. The Kier molecular flexibility index (Phi) is 61.3. The largest absolute Gasteiger partial charge is 0.472 e. The van der Waals surface area contributed by atoms with Gasteiger partial charge in [0.1, 0.15) is 19.3 Å². The normalized spacial score (nSPS) is 14.5. The van der Waals surface area contributed by atoms with Crippen molar-refractivity contribution in [2.45, 2.75) is 382 Å². The minimum Gasteiger partial charge on any atom is -0.462 e. The minimum atomic E-state index is -4.96. The van der Waals surface area contributed by atoms with Gasteiger partial charge in [-0.1, -0.05) is 312 Å². The number of hydrogen-bond acceptors (Lipinski definition) is 15. The smallest absolute Gasteiger partial charge is 0.462 e. The van der Waals surface area contributed by atoms with Gasteiger partial charge in [0.25, 0.3) is 0 Å². The van der Waals surface area contributed by atoms with Gasteiger partial charge in [-0.25, -0.2) is 9.13 Å². The average Bonchev–Trinajstić information content (AvgIpc) is 1.92. The predicted octanol–water partition coefficient (Wildman–Crippen LogP) is 20.9. The third-order valence-corrected chi connectivity index (χ3v) is 19.1. The average molecular weight is 1350 g/mol. The summed E-state index contributed by atoms with van der Waals surface area (Å²) in [6.45, 7) is 14.1. The maximum absolute atomic E-state index is 13.1. The molecule has 19 heteroatoms. The zero-order valence-corrected chi connectivity index (χ0v) is 62.0. The van der Waals surface area contributed by atoms with Crippen molar-refractivity contribution in [1.82, 2.24) is 0 Å². The molecule has 0 bridgehead atoms. The molecule has 0 aliphatic rings. The van der Waals surface area contributed by atoms with E-state index in [9.17, 15) is 43.2 Å². The predicted molar refractivity (Wildman–Crippen MR) is 372 cm³/mol. The Bertz CT molecular complexity index is 1820. The van der Waals surface area contributed by atoms with Crippen LogP contribution in [0.3, 0.4) is 0 Å². The third-order valence-electron chi connectivity index (χ3n) is 17.2. The number of carbonyl (C=O) groups excluding carboxylic acids is 4. The summed E-state index contributed by atoms with van der Waals surface area (Å²) in [7, 11) is -9.91. The van der Waals surface area contributed by atoms with Gasteiger partial charge in [-0.3, -0.25) is 37.3 Å². The first-order chi connectivity index (χ1) is 44.1. The summed E-state index contributed by atoms with van der Waals surface area (Å²) in [6, 6.07) is 0. The maximum atomic E-state index is 13.1. The number of phosphoric acid groups is 2. The van der Waals surface area contributed by atoms with Crippen molar-refractivity contribution in [2.75, 3.05) is 39.6 Å². The second-order valence-corrected chi connectivity index (χ2v) is 30.9. The second kappa shape index (κ2) is 62.6. The van der Waals surface area contributed by atoms with Crippen LogP contribution in [0.4, 0.5) is 0 Å². The molecule has 4 unspecified atom stereocenters. The molecule has 0 radical (unpaired) electrons. The highest BCUT2D eigenvalue weighted by molar-refractivity contribution is 7.47. The van der Waals surface area contributed by atoms with Gasteiger partial charge in [0.05, 0.1) is 26.4 Å². The summed E-state index contributed by atoms with van der Waals surface area (Å²) in [5, 5.41) is 10.6. The number of carbonyl (C=O) groups is 4. The molecule has 0 aromatic heterocycles. The first-order valence-electron chi connectivity index (χ1n) is 37.7. The van der Waals surface area contributed by atoms with Crippen molar-refractivity contribution in [3.05, 3.63) is 0 Å². The molecule has 0 aromatic carbocycles. The van der Waals surface area contributed by atoms with E-state index in [-0.39, 0.29) is 25.7 Å². The first kappa shape index (κ1) is 90.1. The zero-order chi connectivity index (χ0) is 68.2. The lowest BCUT2D eigenvalue weighted by molar-refractivity contribution is -0.161. The highest BCUT2D eigenvalue weighted by Gasteiger charge is 2.30. The van der Waals surface area contributed by atoms with Crippen LogP contribution < -0.4 is 0 Å². The van der Waals surface area contributed by atoms with E-state index in [0.717, 1.165) is 114 Å². The Labute approximate surface area is 562 Å². The SMILES string of the molecule is CCC(C)CCCCCCCCCCCCC(=O)O[C@H](COC(=O)CCCCCCCCCCCCCCCCC(C)C)COP(=O)(O)OCC(O)COP(=O)(O)OC[C@@H](COC(=O)CCCCCCCCCC(C)C)OC(=O)CCCCCCCCCCC(C)C. The van der Waals surface area contributed by atoms with E-state index in [1.807, 2.05) is 0 Å². The van der Waals surface area contributed by atoms with Crippen molar-refractivity contribution in [3.63, 3.8) is 0 Å². The molecule has 0 aliphatic carbocycles. The van der Waals surface area contributed by atoms with Gasteiger partial charge in [0.2, 0.25) is 0 Å². The molecule has 0 spiro atoms. The van der Waals surface area contributed by atoms with Crippen molar-refractivity contribution >= 4 is 39.5 Å². The van der Waals surface area contributed by atoms with E-state index in [1.54, 1.807) is 0 Å². The van der Waals surface area contributed by atoms with Gasteiger partial charge in [-0.05, 0) is 49.4 Å². The number of esters is 4. The lowest BCUT2D eigenvalue weighted by Crippen LogP contribution is -2.30. The molecule has 3 N–H and O–H groups in total. The van der Waals surface area contributed by atoms with Gasteiger partial charge >= 0.3 is 39.5 Å². The number of unbranched alkanes of at least 4 members (excludes halogenated alkanes) is 35. The van der Waals surface area contributed by atoms with Crippen LogP contribution in [0.5, 0.6) is 0 Å². The number of aliphatic hydroxyl groups is 1. The number of hydrogen-bond donors (Lipinski definition) is 3. The second-order valence-electron chi connectivity index (χ2n) is 28.0. The maximum Gasteiger partial charge on any atom is 0.472 e. The fourth-order valence-corrected chi connectivity index (χ4v) is 12.6. The summed E-state index contributed by atoms with van der Waals surface area (Å²) < 4.78 is 68.4. The molecule has 0 aliphatic heterocycles. The van der Waals surface area contributed by atoms with Crippen LogP contribution in [-0.4, -0.2) is 96.7 Å². The van der Waals surface area contributed by atoms with E-state index in [4.69, 9.17) is 37.0 Å². The molecule has 92 heavy (non-hydrogen) atoms. The van der Waals surface area contributed by atoms with Crippen molar-refractivity contribution in [1.29, 1.82) is 0 Å². The molecule has 0 amide bonds. The molecular formula is C73H142O17P2. The number of ether oxygens (including phenoxy) is 4. The summed E-state index contributed by atoms with van der Waals surface area (Å²) in [6.07, 6.45) is 45.9. The Morgan fingerprint density at radius 1 is 0.304 bits per heavy atom. The van der Waals surface area contributed by atoms with E-state index >= 15 is 0 Å². The van der Waals surface area contributed by atoms with Crippen LogP contribution in [0.1, 0.15) is 364 Å². The lowest BCUT2D eigenvalue weighted by atomic mass is 9.99. The topological polar surface area (TPSA) is 237 Å². The monoisotopic (exact) mass is 1350 g/mol. The minimum absolute atomic E-state index is 0.103. The summed E-state index contributed by atoms with van der Waals surface area (Å²) >= 11 is 0. The van der Waals surface area contributed by atoms with Gasteiger partial charge in [-0.15, -0.1) is 0 Å². The van der Waals surface area contributed by atoms with Crippen LogP contribution >= 0.6 is 15.6 Å². The third kappa shape index (κ3) is 65.4. The molecule has 6 atom stereocenters. The van der Waals surface area contributed by atoms with Gasteiger partial charge in [-0.2, -0.15) is 0 Å². The van der Waals surface area contributed by atoms with Crippen molar-refractivity contribution in [3.8, 4) is 0 Å². The van der Waals surface area contributed by atoms with Gasteiger partial charge in [0.15, 0.2) is 12.2 Å². The lowest BCUT2D eigenvalue weighted by Gasteiger charge is -2.21. The Morgan fingerprint density at radius 2 is 0.522 bits per heavy atom. The Morgan fingerprint density at radius 3 is 0.772 bits per heavy atom. The highest BCUT2D eigenvalue weighted by Crippen LogP contribution is 2.45. The fraction of sp³-hybridized carbons (Fsp3) is 0.945. The van der Waals surface area contributed by atoms with Crippen LogP contribution in [0, 0.1) is 23.7 Å². The van der Waals surface area contributed by atoms with Crippen LogP contribution in [-0.2, 0) is 65.4 Å². The molecule has 0 aromatic rings. The molecule has 0 rings (SSSR count). The standard InChI is InChI=1S/C73H142O17P2/c1-9-66(8)52-44-36-28-19-16-17-21-30-39-47-55-72(77)89-68(59-83-70(75)53-45-37-29-20-15-13-11-10-12-14-18-25-33-41-49-63(2)3)61-87-91(79,80)85-57-67(74)58-86-92(81,82)88-62-69(60-84-71(76)54-46-38-32-24-27-35-43-51-65(6)7)90-73(78)56-48-40-31-23-22-26-34-42-50-64(4)5/h63-69,74H,9-62H2,1-8H3,(H,79,80)(H,81,82)/t66?,67?,68-,69-/m1/s1. The molecule has 0 saturated carbocycles. The zero-order valence-electron chi connectivity index (χ0n) is 60.2. The fourth-order valence-electron chi connectivity index (χ4n) is 11.0. The van der Waals surface area contributed by atoms with E-state index in [2.05, 4.69) is 55.4 Å². The Hall–Kier alpha value is -1.94. The summed E-state index contributed by atoms with van der Waals surface area (Å²) in [5.74, 6) is 0.898. The van der Waals surface area contributed by atoms with Crippen molar-refractivity contribution < 1.29 is 80.2 Å². The van der Waals surface area contributed by atoms with Gasteiger partial charge < -0.3 is 33.8 Å². The summed E-state index contributed by atoms with van der Waals surface area (Å²) in [5.41, 5.74) is 0. The molecule has 0 fully saturated rings. The quantitative estimate of drug-likeness (QED) is 0.0222. The van der Waals surface area contributed by atoms with E-state index in [0.29, 0.717) is 31.6 Å². The number of aliphatic hydroxyl groups excluding tert-OH is 1. The van der Waals surface area contributed by atoms with E-state index in [1.165, 1.54) is 161 Å².